The standard InChI is InChI=1S/C16H17NOS/c1-11(17-16(18)15-6-3-9-19-15)13-8-7-12-4-2-5-14(12)10-13/h3,6-11H,2,4-5H2,1H3,(H,17,18). The molecule has 1 N–H and O–H groups in total. The van der Waals surface area contributed by atoms with Gasteiger partial charge in [-0.15, -0.1) is 11.3 Å². The van der Waals surface area contributed by atoms with Gasteiger partial charge in [-0.05, 0) is 54.3 Å². The molecule has 2 nitrogen and oxygen atoms in total. The average Bonchev–Trinajstić information content (AvgIpc) is 3.09. The van der Waals surface area contributed by atoms with Crippen LogP contribution in [-0.4, -0.2) is 5.91 Å². The van der Waals surface area contributed by atoms with Gasteiger partial charge in [0.25, 0.3) is 5.91 Å². The van der Waals surface area contributed by atoms with Crippen LogP contribution in [-0.2, 0) is 12.8 Å². The van der Waals surface area contributed by atoms with Gasteiger partial charge in [-0.1, -0.05) is 24.3 Å². The van der Waals surface area contributed by atoms with E-state index in [2.05, 4.69) is 23.5 Å². The molecule has 0 aliphatic heterocycles. The number of carbonyl (C=O) groups excluding carboxylic acids is 1. The van der Waals surface area contributed by atoms with Crippen molar-refractivity contribution in [2.75, 3.05) is 0 Å². The molecule has 1 aromatic heterocycles. The number of amides is 1. The third-order valence-corrected chi connectivity index (χ3v) is 4.58. The Hall–Kier alpha value is -1.61. The lowest BCUT2D eigenvalue weighted by molar-refractivity contribution is 0.0944. The molecule has 1 unspecified atom stereocenters. The van der Waals surface area contributed by atoms with Gasteiger partial charge in [-0.2, -0.15) is 0 Å². The van der Waals surface area contributed by atoms with Crippen molar-refractivity contribution in [2.45, 2.75) is 32.2 Å². The molecule has 1 atom stereocenters. The van der Waals surface area contributed by atoms with E-state index in [4.69, 9.17) is 0 Å². The van der Waals surface area contributed by atoms with Crippen LogP contribution >= 0.6 is 11.3 Å². The predicted molar refractivity (Wildman–Crippen MR) is 78.7 cm³/mol. The monoisotopic (exact) mass is 271 g/mol. The van der Waals surface area contributed by atoms with Crippen LogP contribution in [0, 0.1) is 0 Å². The van der Waals surface area contributed by atoms with Crippen LogP contribution in [0.3, 0.4) is 0 Å². The first-order valence-corrected chi connectivity index (χ1v) is 7.58. The molecular weight excluding hydrogens is 254 g/mol. The average molecular weight is 271 g/mol. The summed E-state index contributed by atoms with van der Waals surface area (Å²) >= 11 is 1.48. The van der Waals surface area contributed by atoms with Crippen molar-refractivity contribution in [1.29, 1.82) is 0 Å². The minimum Gasteiger partial charge on any atom is -0.345 e. The second-order valence-electron chi connectivity index (χ2n) is 5.05. The zero-order chi connectivity index (χ0) is 13.2. The maximum absolute atomic E-state index is 12.0. The molecule has 1 aliphatic rings. The number of nitrogens with one attached hydrogen (secondary N) is 1. The predicted octanol–water partition coefficient (Wildman–Crippen LogP) is 3.73. The largest absolute Gasteiger partial charge is 0.345 e. The smallest absolute Gasteiger partial charge is 0.261 e. The van der Waals surface area contributed by atoms with Gasteiger partial charge < -0.3 is 5.32 Å². The van der Waals surface area contributed by atoms with Gasteiger partial charge in [0.05, 0.1) is 10.9 Å². The molecule has 3 heteroatoms. The van der Waals surface area contributed by atoms with Crippen LogP contribution < -0.4 is 5.32 Å². The van der Waals surface area contributed by atoms with Gasteiger partial charge in [-0.25, -0.2) is 0 Å². The van der Waals surface area contributed by atoms with Crippen molar-refractivity contribution >= 4 is 17.2 Å². The van der Waals surface area contributed by atoms with Crippen molar-refractivity contribution in [1.82, 2.24) is 5.32 Å². The lowest BCUT2D eigenvalue weighted by Gasteiger charge is -2.15. The van der Waals surface area contributed by atoms with Crippen molar-refractivity contribution in [3.8, 4) is 0 Å². The zero-order valence-electron chi connectivity index (χ0n) is 11.0. The van der Waals surface area contributed by atoms with Gasteiger partial charge in [0.15, 0.2) is 0 Å². The van der Waals surface area contributed by atoms with E-state index >= 15 is 0 Å². The number of carbonyl (C=O) groups is 1. The first-order valence-electron chi connectivity index (χ1n) is 6.70. The highest BCUT2D eigenvalue weighted by Crippen LogP contribution is 2.25. The Morgan fingerprint density at radius 1 is 1.26 bits per heavy atom. The number of hydrogen-bond acceptors (Lipinski definition) is 2. The molecule has 1 aliphatic carbocycles. The summed E-state index contributed by atoms with van der Waals surface area (Å²) in [6.45, 7) is 2.04. The highest BCUT2D eigenvalue weighted by molar-refractivity contribution is 7.12. The van der Waals surface area contributed by atoms with Crippen molar-refractivity contribution < 1.29 is 4.79 Å². The van der Waals surface area contributed by atoms with E-state index in [1.54, 1.807) is 0 Å². The number of benzene rings is 1. The van der Waals surface area contributed by atoms with E-state index in [-0.39, 0.29) is 11.9 Å². The molecule has 2 aromatic rings. The Kier molecular flexibility index (Phi) is 3.38. The molecule has 19 heavy (non-hydrogen) atoms. The van der Waals surface area contributed by atoms with Crippen LogP contribution in [0.4, 0.5) is 0 Å². The fraction of sp³-hybridized carbons (Fsp3) is 0.312. The molecular formula is C16H17NOS. The van der Waals surface area contributed by atoms with Crippen molar-refractivity contribution in [3.05, 3.63) is 57.3 Å². The first-order chi connectivity index (χ1) is 9.24. The Bertz CT molecular complexity index is 589. The summed E-state index contributed by atoms with van der Waals surface area (Å²) in [5.41, 5.74) is 4.13. The highest BCUT2D eigenvalue weighted by Gasteiger charge is 2.15. The molecule has 0 bridgehead atoms. The van der Waals surface area contributed by atoms with E-state index in [9.17, 15) is 4.79 Å². The Morgan fingerprint density at radius 3 is 2.89 bits per heavy atom. The zero-order valence-corrected chi connectivity index (χ0v) is 11.8. The molecule has 0 saturated heterocycles. The molecule has 1 heterocycles. The molecule has 0 fully saturated rings. The van der Waals surface area contributed by atoms with E-state index < -0.39 is 0 Å². The van der Waals surface area contributed by atoms with Crippen molar-refractivity contribution in [2.24, 2.45) is 0 Å². The minimum absolute atomic E-state index is 0.0167. The molecule has 1 aromatic carbocycles. The quantitative estimate of drug-likeness (QED) is 0.905. The van der Waals surface area contributed by atoms with E-state index in [0.717, 1.165) is 4.88 Å². The van der Waals surface area contributed by atoms with Crippen LogP contribution in [0.1, 0.15) is 45.7 Å². The minimum atomic E-state index is 0.0167. The van der Waals surface area contributed by atoms with Crippen LogP contribution in [0.2, 0.25) is 0 Å². The molecule has 0 spiro atoms. The van der Waals surface area contributed by atoms with Gasteiger partial charge >= 0.3 is 0 Å². The molecule has 3 rings (SSSR count). The number of rotatable bonds is 3. The topological polar surface area (TPSA) is 29.1 Å². The highest BCUT2D eigenvalue weighted by atomic mass is 32.1. The SMILES string of the molecule is CC(NC(=O)c1cccs1)c1ccc2c(c1)CCC2. The third kappa shape index (κ3) is 2.56. The van der Waals surface area contributed by atoms with Crippen molar-refractivity contribution in [3.63, 3.8) is 0 Å². The summed E-state index contributed by atoms with van der Waals surface area (Å²) in [6, 6.07) is 10.4. The van der Waals surface area contributed by atoms with Gasteiger partial charge in [-0.3, -0.25) is 4.79 Å². The molecule has 98 valence electrons. The molecule has 0 saturated carbocycles. The number of thiophene rings is 1. The van der Waals surface area contributed by atoms with Gasteiger partial charge in [0, 0.05) is 0 Å². The first kappa shape index (κ1) is 12.4. The second kappa shape index (κ2) is 5.17. The Labute approximate surface area is 117 Å². The third-order valence-electron chi connectivity index (χ3n) is 3.72. The fourth-order valence-corrected chi connectivity index (χ4v) is 3.25. The fourth-order valence-electron chi connectivity index (χ4n) is 2.62. The number of fused-ring (bicyclic) bond motifs is 1. The van der Waals surface area contributed by atoms with Crippen LogP contribution in [0.25, 0.3) is 0 Å². The summed E-state index contributed by atoms with van der Waals surface area (Å²) in [6.07, 6.45) is 3.63. The van der Waals surface area contributed by atoms with E-state index in [1.807, 2.05) is 24.4 Å². The van der Waals surface area contributed by atoms with Crippen LogP contribution in [0.5, 0.6) is 0 Å². The number of hydrogen-bond donors (Lipinski definition) is 1. The molecule has 0 radical (unpaired) electrons. The summed E-state index contributed by atoms with van der Waals surface area (Å²) in [4.78, 5) is 12.8. The van der Waals surface area contributed by atoms with Gasteiger partial charge in [0.2, 0.25) is 0 Å². The second-order valence-corrected chi connectivity index (χ2v) is 6.00. The Balaban J connectivity index is 1.73. The van der Waals surface area contributed by atoms with Crippen LogP contribution in [0.15, 0.2) is 35.7 Å². The summed E-state index contributed by atoms with van der Waals surface area (Å²) in [7, 11) is 0. The summed E-state index contributed by atoms with van der Waals surface area (Å²) < 4.78 is 0. The van der Waals surface area contributed by atoms with E-state index in [1.165, 1.54) is 47.3 Å². The normalized spacial score (nSPS) is 15.0. The maximum Gasteiger partial charge on any atom is 0.261 e. The summed E-state index contributed by atoms with van der Waals surface area (Å²) in [5, 5.41) is 4.99. The summed E-state index contributed by atoms with van der Waals surface area (Å²) in [5.74, 6) is 0.0167. The van der Waals surface area contributed by atoms with E-state index in [0.29, 0.717) is 0 Å². The Morgan fingerprint density at radius 2 is 2.11 bits per heavy atom. The lowest BCUT2D eigenvalue weighted by atomic mass is 10.0. The molecule has 1 amide bonds. The van der Waals surface area contributed by atoms with Gasteiger partial charge in [0.1, 0.15) is 0 Å². The number of aryl methyl sites for hydroxylation is 2. The maximum atomic E-state index is 12.0. The lowest BCUT2D eigenvalue weighted by Crippen LogP contribution is -2.25.